The summed E-state index contributed by atoms with van der Waals surface area (Å²) >= 11 is 1.15. The van der Waals surface area contributed by atoms with Crippen LogP contribution >= 0.6 is 11.3 Å². The van der Waals surface area contributed by atoms with Gasteiger partial charge >= 0.3 is 0 Å². The molecule has 0 atom stereocenters. The van der Waals surface area contributed by atoms with Gasteiger partial charge in [-0.1, -0.05) is 6.92 Å². The van der Waals surface area contributed by atoms with Gasteiger partial charge < -0.3 is 5.32 Å². The van der Waals surface area contributed by atoms with E-state index in [1.54, 1.807) is 5.38 Å². The van der Waals surface area contributed by atoms with Gasteiger partial charge in [0.15, 0.2) is 0 Å². The summed E-state index contributed by atoms with van der Waals surface area (Å²) in [5.41, 5.74) is 4.89. The van der Waals surface area contributed by atoms with Crippen LogP contribution in [0.2, 0.25) is 0 Å². The van der Waals surface area contributed by atoms with E-state index < -0.39 is 27.7 Å². The molecule has 1 aromatic carbocycles. The molecule has 1 saturated heterocycles. The lowest BCUT2D eigenvalue weighted by molar-refractivity contribution is -0.119. The monoisotopic (exact) mass is 464 g/mol. The first-order chi connectivity index (χ1) is 14.7. The third-order valence-electron chi connectivity index (χ3n) is 4.99. The number of hydrazine groups is 1. The molecule has 3 N–H and O–H groups in total. The van der Waals surface area contributed by atoms with Gasteiger partial charge in [-0.2, -0.15) is 4.31 Å². The second-order valence-corrected chi connectivity index (χ2v) is 10.2. The molecule has 2 heterocycles. The quantitative estimate of drug-likeness (QED) is 0.585. The molecule has 2 aromatic rings. The first-order valence-corrected chi connectivity index (χ1v) is 12.1. The molecule has 0 unspecified atom stereocenters. The average Bonchev–Trinajstić information content (AvgIpc) is 3.20. The highest BCUT2D eigenvalue weighted by Gasteiger charge is 2.28. The maximum Gasteiger partial charge on any atom is 0.272 e. The fourth-order valence-electron chi connectivity index (χ4n) is 3.12. The minimum Gasteiger partial charge on any atom is -0.313 e. The minimum atomic E-state index is -3.59. The Morgan fingerprint density at radius 3 is 2.26 bits per heavy atom. The number of carbonyl (C=O) groups is 3. The summed E-state index contributed by atoms with van der Waals surface area (Å²) in [7, 11) is -3.59. The first-order valence-electron chi connectivity index (χ1n) is 9.74. The maximum absolute atomic E-state index is 12.8. The number of rotatable bonds is 5. The fraction of sp³-hybridized carbons (Fsp3) is 0.350. The van der Waals surface area contributed by atoms with Gasteiger partial charge in [-0.05, 0) is 54.5 Å². The van der Waals surface area contributed by atoms with Crippen LogP contribution in [-0.2, 0) is 14.8 Å². The second-order valence-electron chi connectivity index (χ2n) is 7.36. The number of carbonyl (C=O) groups excluding carboxylic acids is 3. The van der Waals surface area contributed by atoms with E-state index in [0.29, 0.717) is 24.0 Å². The van der Waals surface area contributed by atoms with Crippen molar-refractivity contribution in [2.24, 2.45) is 5.92 Å². The predicted molar refractivity (Wildman–Crippen MR) is 117 cm³/mol. The molecule has 0 spiro atoms. The zero-order valence-electron chi connectivity index (χ0n) is 17.2. The molecule has 9 nitrogen and oxygen atoms in total. The summed E-state index contributed by atoms with van der Waals surface area (Å²) in [5.74, 6) is -0.959. The van der Waals surface area contributed by atoms with Crippen LogP contribution in [0.3, 0.4) is 0 Å². The Morgan fingerprint density at radius 1 is 1.00 bits per heavy atom. The number of sulfonamides is 1. The Hall–Kier alpha value is -2.76. The number of hydrogen-bond donors (Lipinski definition) is 3. The molecule has 0 saturated carbocycles. The van der Waals surface area contributed by atoms with E-state index in [4.69, 9.17) is 0 Å². The van der Waals surface area contributed by atoms with Crippen molar-refractivity contribution < 1.29 is 22.8 Å². The van der Waals surface area contributed by atoms with Crippen molar-refractivity contribution in [3.63, 3.8) is 0 Å². The minimum absolute atomic E-state index is 0.144. The number of nitrogens with zero attached hydrogens (tertiary/aromatic N) is 1. The highest BCUT2D eigenvalue weighted by atomic mass is 32.2. The molecule has 166 valence electrons. The lowest BCUT2D eigenvalue weighted by Crippen LogP contribution is -2.40. The van der Waals surface area contributed by atoms with Gasteiger partial charge in [0.2, 0.25) is 15.9 Å². The summed E-state index contributed by atoms with van der Waals surface area (Å²) in [6.07, 6.45) is 1.66. The summed E-state index contributed by atoms with van der Waals surface area (Å²) in [6, 6.07) is 7.24. The van der Waals surface area contributed by atoms with Crippen LogP contribution in [0.1, 0.15) is 47.4 Å². The van der Waals surface area contributed by atoms with E-state index in [1.807, 2.05) is 0 Å². The molecule has 0 radical (unpaired) electrons. The lowest BCUT2D eigenvalue weighted by atomic mass is 10.0. The van der Waals surface area contributed by atoms with E-state index in [2.05, 4.69) is 23.1 Å². The normalized spacial score (nSPS) is 15.3. The van der Waals surface area contributed by atoms with Gasteiger partial charge in [0.1, 0.15) is 5.00 Å². The van der Waals surface area contributed by atoms with Crippen LogP contribution in [0.15, 0.2) is 40.6 Å². The van der Waals surface area contributed by atoms with Crippen molar-refractivity contribution in [2.75, 3.05) is 18.4 Å². The van der Waals surface area contributed by atoms with E-state index in [0.717, 1.165) is 24.2 Å². The standard InChI is InChI=1S/C20H24N4O5S2/c1-13-7-10-24(11-8-13)31(28,29)16-5-3-15(4-6-16)18(26)21-20-17(9-12-30-20)19(27)23-22-14(2)25/h3-6,9,12-13H,7-8,10-11H2,1-2H3,(H,21,26)(H,22,25)(H,23,27). The van der Waals surface area contributed by atoms with Crippen molar-refractivity contribution in [3.8, 4) is 0 Å². The number of thiophene rings is 1. The van der Waals surface area contributed by atoms with Gasteiger partial charge in [0.05, 0.1) is 10.5 Å². The van der Waals surface area contributed by atoms with Crippen molar-refractivity contribution in [1.82, 2.24) is 15.2 Å². The molecule has 31 heavy (non-hydrogen) atoms. The summed E-state index contributed by atoms with van der Waals surface area (Å²) in [6.45, 7) is 4.35. The second kappa shape index (κ2) is 9.58. The summed E-state index contributed by atoms with van der Waals surface area (Å²) in [4.78, 5) is 35.8. The van der Waals surface area contributed by atoms with Crippen molar-refractivity contribution >= 4 is 44.1 Å². The molecular formula is C20H24N4O5S2. The third kappa shape index (κ3) is 5.49. The summed E-state index contributed by atoms with van der Waals surface area (Å²) in [5, 5.41) is 4.59. The zero-order valence-corrected chi connectivity index (χ0v) is 18.8. The number of nitrogens with one attached hydrogen (secondary N) is 3. The zero-order chi connectivity index (χ0) is 22.6. The first kappa shape index (κ1) is 22.9. The van der Waals surface area contributed by atoms with Gasteiger partial charge in [0.25, 0.3) is 11.8 Å². The number of benzene rings is 1. The van der Waals surface area contributed by atoms with Crippen molar-refractivity contribution in [3.05, 3.63) is 46.8 Å². The molecule has 1 fully saturated rings. The number of hydrogen-bond acceptors (Lipinski definition) is 6. The van der Waals surface area contributed by atoms with E-state index in [9.17, 15) is 22.8 Å². The number of amides is 3. The van der Waals surface area contributed by atoms with E-state index >= 15 is 0 Å². The van der Waals surface area contributed by atoms with Crippen LogP contribution in [0.4, 0.5) is 5.00 Å². The van der Waals surface area contributed by atoms with E-state index in [-0.39, 0.29) is 16.0 Å². The number of piperidine rings is 1. The Morgan fingerprint density at radius 2 is 1.65 bits per heavy atom. The Bertz CT molecular complexity index is 1070. The van der Waals surface area contributed by atoms with Crippen molar-refractivity contribution in [1.29, 1.82) is 0 Å². The highest BCUT2D eigenvalue weighted by molar-refractivity contribution is 7.89. The molecule has 1 aliphatic heterocycles. The molecule has 3 amide bonds. The van der Waals surface area contributed by atoms with Crippen LogP contribution in [0.25, 0.3) is 0 Å². The van der Waals surface area contributed by atoms with Gasteiger partial charge in [-0.15, -0.1) is 11.3 Å². The Balaban J connectivity index is 1.68. The van der Waals surface area contributed by atoms with Gasteiger partial charge in [-0.3, -0.25) is 25.2 Å². The van der Waals surface area contributed by atoms with Crippen LogP contribution < -0.4 is 16.2 Å². The molecule has 1 aromatic heterocycles. The molecule has 3 rings (SSSR count). The molecular weight excluding hydrogens is 440 g/mol. The van der Waals surface area contributed by atoms with Crippen LogP contribution in [-0.4, -0.2) is 43.5 Å². The van der Waals surface area contributed by atoms with Crippen molar-refractivity contribution in [2.45, 2.75) is 31.6 Å². The SMILES string of the molecule is CC(=O)NNC(=O)c1ccsc1NC(=O)c1ccc(S(=O)(=O)N2CCC(C)CC2)cc1. The Labute approximate surface area is 184 Å². The predicted octanol–water partition coefficient (Wildman–Crippen LogP) is 2.20. The average molecular weight is 465 g/mol. The fourth-order valence-corrected chi connectivity index (χ4v) is 5.37. The smallest absolute Gasteiger partial charge is 0.272 e. The highest BCUT2D eigenvalue weighted by Crippen LogP contribution is 2.25. The molecule has 11 heteroatoms. The molecule has 0 aliphatic carbocycles. The largest absolute Gasteiger partial charge is 0.313 e. The topological polar surface area (TPSA) is 125 Å². The third-order valence-corrected chi connectivity index (χ3v) is 7.73. The Kier molecular flexibility index (Phi) is 7.08. The number of anilines is 1. The van der Waals surface area contributed by atoms with Gasteiger partial charge in [0, 0.05) is 25.6 Å². The van der Waals surface area contributed by atoms with Gasteiger partial charge in [-0.25, -0.2) is 8.42 Å². The molecule has 1 aliphatic rings. The lowest BCUT2D eigenvalue weighted by Gasteiger charge is -2.29. The van der Waals surface area contributed by atoms with Crippen LogP contribution in [0, 0.1) is 5.92 Å². The summed E-state index contributed by atoms with van der Waals surface area (Å²) < 4.78 is 27.1. The molecule has 0 bridgehead atoms. The van der Waals surface area contributed by atoms with Crippen LogP contribution in [0.5, 0.6) is 0 Å². The van der Waals surface area contributed by atoms with E-state index in [1.165, 1.54) is 41.6 Å². The maximum atomic E-state index is 12.8.